The highest BCUT2D eigenvalue weighted by Gasteiger charge is 2.36. The molecule has 1 unspecified atom stereocenters. The summed E-state index contributed by atoms with van der Waals surface area (Å²) in [5.74, 6) is 0. The molecule has 0 radical (unpaired) electrons. The van der Waals surface area contributed by atoms with Crippen molar-refractivity contribution in [3.63, 3.8) is 0 Å². The Morgan fingerprint density at radius 3 is 2.74 bits per heavy atom. The number of halogens is 3. The second-order valence-electron chi connectivity index (χ2n) is 3.85. The first kappa shape index (κ1) is 13.5. The first-order chi connectivity index (χ1) is 9.04. The molecule has 102 valence electrons. The fraction of sp³-hybridized carbons (Fsp3) is 0.364. The maximum absolute atomic E-state index is 13.0. The lowest BCUT2D eigenvalue weighted by Gasteiger charge is -2.20. The molecule has 0 spiro atoms. The Bertz CT molecular complexity index is 523. The van der Waals surface area contributed by atoms with Crippen LogP contribution in [-0.2, 0) is 6.18 Å². The molecule has 0 amide bonds. The molecule has 0 aliphatic heterocycles. The van der Waals surface area contributed by atoms with Crippen LogP contribution in [0.4, 0.5) is 13.2 Å². The van der Waals surface area contributed by atoms with Crippen molar-refractivity contribution in [1.29, 1.82) is 0 Å². The lowest BCUT2D eigenvalue weighted by Crippen LogP contribution is -2.25. The zero-order valence-corrected chi connectivity index (χ0v) is 10.1. The summed E-state index contributed by atoms with van der Waals surface area (Å²) in [6, 6.07) is 0.258. The first-order valence-corrected chi connectivity index (χ1v) is 5.64. The van der Waals surface area contributed by atoms with Crippen LogP contribution in [0.5, 0.6) is 0 Å². The highest BCUT2D eigenvalue weighted by Crippen LogP contribution is 2.35. The van der Waals surface area contributed by atoms with Crippen LogP contribution in [0.3, 0.4) is 0 Å². The minimum atomic E-state index is -4.43. The van der Waals surface area contributed by atoms with Crippen molar-refractivity contribution >= 4 is 0 Å². The van der Waals surface area contributed by atoms with Gasteiger partial charge >= 0.3 is 6.18 Å². The smallest absolute Gasteiger partial charge is 0.305 e. The molecule has 0 aromatic carbocycles. The van der Waals surface area contributed by atoms with Crippen LogP contribution in [0.25, 0.3) is 0 Å². The summed E-state index contributed by atoms with van der Waals surface area (Å²) < 4.78 is 39.0. The summed E-state index contributed by atoms with van der Waals surface area (Å²) in [6.45, 7) is 2.29. The molecule has 0 fully saturated rings. The van der Waals surface area contributed by atoms with E-state index >= 15 is 0 Å². The zero-order chi connectivity index (χ0) is 13.9. The van der Waals surface area contributed by atoms with E-state index in [1.165, 1.54) is 12.4 Å². The fourth-order valence-corrected chi connectivity index (χ4v) is 1.82. The van der Waals surface area contributed by atoms with Gasteiger partial charge in [0.05, 0.1) is 17.8 Å². The van der Waals surface area contributed by atoms with Crippen LogP contribution in [0.1, 0.15) is 29.8 Å². The van der Waals surface area contributed by atoms with Crippen molar-refractivity contribution in [2.45, 2.75) is 19.1 Å². The Labute approximate surface area is 107 Å². The van der Waals surface area contributed by atoms with Gasteiger partial charge in [-0.25, -0.2) is 0 Å². The largest absolute Gasteiger partial charge is 0.416 e. The quantitative estimate of drug-likeness (QED) is 0.891. The average molecular weight is 271 g/mol. The number of aromatic nitrogens is 4. The summed E-state index contributed by atoms with van der Waals surface area (Å²) in [7, 11) is 0. The van der Waals surface area contributed by atoms with Crippen LogP contribution < -0.4 is 5.32 Å². The van der Waals surface area contributed by atoms with Gasteiger partial charge in [0, 0.05) is 18.0 Å². The summed E-state index contributed by atoms with van der Waals surface area (Å²) in [4.78, 5) is 3.77. The predicted octanol–water partition coefficient (Wildman–Crippen LogP) is 1.92. The highest BCUT2D eigenvalue weighted by atomic mass is 19.4. The molecule has 2 aromatic rings. The molecular formula is C11H12F3N5. The van der Waals surface area contributed by atoms with E-state index in [2.05, 4.69) is 25.7 Å². The van der Waals surface area contributed by atoms with Gasteiger partial charge < -0.3 is 5.32 Å². The normalized spacial score (nSPS) is 13.5. The van der Waals surface area contributed by atoms with E-state index < -0.39 is 17.8 Å². The van der Waals surface area contributed by atoms with Crippen molar-refractivity contribution in [3.8, 4) is 0 Å². The number of alkyl halides is 3. The van der Waals surface area contributed by atoms with E-state index in [9.17, 15) is 13.2 Å². The number of nitrogens with one attached hydrogen (secondary N) is 2. The average Bonchev–Trinajstić information content (AvgIpc) is 2.88. The Morgan fingerprint density at radius 1 is 1.37 bits per heavy atom. The Morgan fingerprint density at radius 2 is 2.16 bits per heavy atom. The van der Waals surface area contributed by atoms with Gasteiger partial charge in [0.15, 0.2) is 0 Å². The van der Waals surface area contributed by atoms with E-state index in [4.69, 9.17) is 0 Å². The van der Waals surface area contributed by atoms with Crippen LogP contribution in [-0.4, -0.2) is 26.9 Å². The second-order valence-corrected chi connectivity index (χ2v) is 3.85. The molecule has 0 saturated heterocycles. The van der Waals surface area contributed by atoms with Crippen molar-refractivity contribution in [3.05, 3.63) is 41.5 Å². The van der Waals surface area contributed by atoms with Crippen LogP contribution in [0.2, 0.25) is 0 Å². The fourth-order valence-electron chi connectivity index (χ4n) is 1.82. The minimum absolute atomic E-state index is 0.0331. The summed E-state index contributed by atoms with van der Waals surface area (Å²) in [6.07, 6.45) is -0.723. The molecular weight excluding hydrogens is 259 g/mol. The van der Waals surface area contributed by atoms with Gasteiger partial charge in [-0.05, 0) is 12.6 Å². The molecule has 0 bridgehead atoms. The second kappa shape index (κ2) is 5.35. The molecule has 0 aliphatic rings. The number of nitrogens with zero attached hydrogens (tertiary/aromatic N) is 3. The predicted molar refractivity (Wildman–Crippen MR) is 61.1 cm³/mol. The maximum atomic E-state index is 13.0. The zero-order valence-electron chi connectivity index (χ0n) is 10.1. The third kappa shape index (κ3) is 2.90. The van der Waals surface area contributed by atoms with E-state index in [-0.39, 0.29) is 5.56 Å². The number of pyridine rings is 1. The van der Waals surface area contributed by atoms with Crippen molar-refractivity contribution in [2.24, 2.45) is 0 Å². The molecule has 2 rings (SSSR count). The van der Waals surface area contributed by atoms with Crippen LogP contribution in [0, 0.1) is 0 Å². The molecule has 5 nitrogen and oxygen atoms in total. The Balaban J connectivity index is 2.48. The molecule has 0 aliphatic carbocycles. The summed E-state index contributed by atoms with van der Waals surface area (Å²) in [5.41, 5.74) is -0.303. The Hall–Kier alpha value is -1.96. The van der Waals surface area contributed by atoms with Gasteiger partial charge in [0.1, 0.15) is 5.69 Å². The van der Waals surface area contributed by atoms with Crippen LogP contribution >= 0.6 is 0 Å². The van der Waals surface area contributed by atoms with E-state index in [1.807, 2.05) is 0 Å². The standard InChI is InChI=1S/C11H12F3N5/c1-2-16-10(9-6-17-19-18-9)7-5-15-4-3-8(7)11(12,13)14/h3-6,10,16H,2H2,1H3,(H,17,18,19). The third-order valence-corrected chi connectivity index (χ3v) is 2.61. The van der Waals surface area contributed by atoms with Gasteiger partial charge in [-0.1, -0.05) is 6.92 Å². The van der Waals surface area contributed by atoms with Crippen molar-refractivity contribution in [2.75, 3.05) is 6.54 Å². The summed E-state index contributed by atoms with van der Waals surface area (Å²) >= 11 is 0. The molecule has 2 aromatic heterocycles. The molecule has 2 N–H and O–H groups in total. The van der Waals surface area contributed by atoms with Crippen molar-refractivity contribution in [1.82, 2.24) is 25.7 Å². The molecule has 0 saturated carbocycles. The molecule has 1 atom stereocenters. The number of hydrogen-bond donors (Lipinski definition) is 2. The van der Waals surface area contributed by atoms with E-state index in [0.29, 0.717) is 12.2 Å². The van der Waals surface area contributed by atoms with Gasteiger partial charge in [-0.3, -0.25) is 4.98 Å². The van der Waals surface area contributed by atoms with Gasteiger partial charge in [-0.2, -0.15) is 28.6 Å². The van der Waals surface area contributed by atoms with E-state index in [1.54, 1.807) is 6.92 Å². The van der Waals surface area contributed by atoms with Gasteiger partial charge in [0.2, 0.25) is 0 Å². The SMILES string of the molecule is CCNC(c1cn[nH]n1)c1cnccc1C(F)(F)F. The number of hydrogen-bond acceptors (Lipinski definition) is 4. The van der Waals surface area contributed by atoms with Crippen molar-refractivity contribution < 1.29 is 13.2 Å². The molecule has 19 heavy (non-hydrogen) atoms. The highest BCUT2D eigenvalue weighted by molar-refractivity contribution is 5.33. The number of H-pyrrole nitrogens is 1. The lowest BCUT2D eigenvalue weighted by molar-refractivity contribution is -0.138. The number of aromatic amines is 1. The number of rotatable bonds is 4. The minimum Gasteiger partial charge on any atom is -0.305 e. The maximum Gasteiger partial charge on any atom is 0.416 e. The monoisotopic (exact) mass is 271 g/mol. The summed E-state index contributed by atoms with van der Waals surface area (Å²) in [5, 5.41) is 12.8. The van der Waals surface area contributed by atoms with Crippen LogP contribution in [0.15, 0.2) is 24.7 Å². The molecule has 8 heteroatoms. The lowest BCUT2D eigenvalue weighted by atomic mass is 10.0. The third-order valence-electron chi connectivity index (χ3n) is 2.61. The topological polar surface area (TPSA) is 66.5 Å². The van der Waals surface area contributed by atoms with Gasteiger partial charge in [0.25, 0.3) is 0 Å². The first-order valence-electron chi connectivity index (χ1n) is 5.64. The Kier molecular flexibility index (Phi) is 3.79. The molecule has 2 heterocycles. The van der Waals surface area contributed by atoms with E-state index in [0.717, 1.165) is 12.3 Å². The van der Waals surface area contributed by atoms with Gasteiger partial charge in [-0.15, -0.1) is 0 Å².